The lowest BCUT2D eigenvalue weighted by molar-refractivity contribution is -0.140. The number of fused-ring (bicyclic) bond motifs is 5. The normalized spacial score (nSPS) is 12.1. The fourth-order valence-corrected chi connectivity index (χ4v) is 5.60. The van der Waals surface area contributed by atoms with E-state index in [9.17, 15) is 22.0 Å². The Morgan fingerprint density at radius 1 is 0.976 bits per heavy atom. The number of nitrogens with zero attached hydrogens (tertiary/aromatic N) is 5. The summed E-state index contributed by atoms with van der Waals surface area (Å²) in [6.07, 6.45) is -1.84. The molecule has 7 aromatic rings. The number of aromatic nitrogens is 5. The number of pyridine rings is 1. The lowest BCUT2D eigenvalue weighted by Gasteiger charge is -2.08. The maximum atomic E-state index is 13.9. The van der Waals surface area contributed by atoms with Crippen molar-refractivity contribution in [2.45, 2.75) is 12.8 Å². The topological polar surface area (TPSA) is 78.3 Å². The second kappa shape index (κ2) is 9.34. The average Bonchev–Trinajstić information content (AvgIpc) is 3.70. The molecule has 0 aliphatic rings. The zero-order valence-corrected chi connectivity index (χ0v) is 21.3. The van der Waals surface area contributed by atoms with Crippen molar-refractivity contribution >= 4 is 37.4 Å². The molecule has 7 rings (SSSR count). The van der Waals surface area contributed by atoms with Gasteiger partial charge < -0.3 is 9.15 Å². The third kappa shape index (κ3) is 4.43. The summed E-state index contributed by atoms with van der Waals surface area (Å²) in [7, 11) is 0. The van der Waals surface area contributed by atoms with Gasteiger partial charge in [-0.1, -0.05) is 18.2 Å². The van der Waals surface area contributed by atoms with Gasteiger partial charge in [0.05, 0.1) is 11.8 Å². The highest BCUT2D eigenvalue weighted by molar-refractivity contribution is 7.26. The third-order valence-corrected chi connectivity index (χ3v) is 7.39. The molecular formula is C28H14F5N5O2S. The predicted molar refractivity (Wildman–Crippen MR) is 140 cm³/mol. The summed E-state index contributed by atoms with van der Waals surface area (Å²) in [4.78, 5) is 13.2. The van der Waals surface area contributed by atoms with E-state index in [1.807, 2.05) is 0 Å². The van der Waals surface area contributed by atoms with Gasteiger partial charge in [0.2, 0.25) is 0 Å². The summed E-state index contributed by atoms with van der Waals surface area (Å²) in [6, 6.07) is 14.3. The van der Waals surface area contributed by atoms with Crippen LogP contribution in [0.25, 0.3) is 48.8 Å². The molecule has 2 aromatic carbocycles. The lowest BCUT2D eigenvalue weighted by Crippen LogP contribution is -2.07. The molecule has 0 aliphatic carbocycles. The molecule has 5 aromatic heterocycles. The highest BCUT2D eigenvalue weighted by Crippen LogP contribution is 2.42. The quantitative estimate of drug-likeness (QED) is 0.195. The van der Waals surface area contributed by atoms with E-state index in [1.165, 1.54) is 23.2 Å². The Bertz CT molecular complexity index is 2090. The largest absolute Gasteiger partial charge is 0.486 e. The van der Waals surface area contributed by atoms with Gasteiger partial charge in [0, 0.05) is 22.6 Å². The second-order valence-corrected chi connectivity index (χ2v) is 10.0. The van der Waals surface area contributed by atoms with Crippen molar-refractivity contribution in [3.63, 3.8) is 0 Å². The van der Waals surface area contributed by atoms with Gasteiger partial charge >= 0.3 is 6.18 Å². The molecule has 5 heterocycles. The second-order valence-electron chi connectivity index (χ2n) is 9.00. The molecule has 7 nitrogen and oxygen atoms in total. The van der Waals surface area contributed by atoms with Crippen LogP contribution in [0.4, 0.5) is 22.0 Å². The van der Waals surface area contributed by atoms with E-state index in [0.29, 0.717) is 38.2 Å². The molecule has 204 valence electrons. The Balaban J connectivity index is 1.31. The Labute approximate surface area is 230 Å². The van der Waals surface area contributed by atoms with E-state index in [4.69, 9.17) is 9.15 Å². The summed E-state index contributed by atoms with van der Waals surface area (Å²) >= 11 is 1.03. The zero-order valence-electron chi connectivity index (χ0n) is 20.5. The maximum absolute atomic E-state index is 13.9. The molecule has 0 N–H and O–H groups in total. The molecule has 0 unspecified atom stereocenters. The molecule has 0 saturated carbocycles. The van der Waals surface area contributed by atoms with Crippen LogP contribution in [0.5, 0.6) is 5.75 Å². The number of alkyl halides is 3. The summed E-state index contributed by atoms with van der Waals surface area (Å²) in [5.41, 5.74) is 1.30. The lowest BCUT2D eigenvalue weighted by atomic mass is 10.1. The Morgan fingerprint density at radius 3 is 2.63 bits per heavy atom. The number of furan rings is 1. The van der Waals surface area contributed by atoms with Crippen LogP contribution in [0.15, 0.2) is 77.7 Å². The Morgan fingerprint density at radius 2 is 1.85 bits per heavy atom. The number of ether oxygens (including phenoxy) is 1. The molecule has 13 heteroatoms. The Kier molecular flexibility index (Phi) is 5.71. The summed E-state index contributed by atoms with van der Waals surface area (Å²) in [5.74, 6) is -1.01. The van der Waals surface area contributed by atoms with Crippen LogP contribution in [-0.2, 0) is 12.8 Å². The number of halogens is 5. The predicted octanol–water partition coefficient (Wildman–Crippen LogP) is 7.69. The first-order chi connectivity index (χ1) is 19.7. The van der Waals surface area contributed by atoms with Crippen LogP contribution in [0, 0.1) is 11.6 Å². The van der Waals surface area contributed by atoms with Crippen molar-refractivity contribution in [2.24, 2.45) is 0 Å². The van der Waals surface area contributed by atoms with Gasteiger partial charge in [0.1, 0.15) is 39.7 Å². The van der Waals surface area contributed by atoms with E-state index < -0.39 is 23.5 Å². The number of hydrogen-bond donors (Lipinski definition) is 0. The first-order valence-electron chi connectivity index (χ1n) is 12.0. The SMILES string of the molecule is Fc1ccc(OCc2cccc(-c3nc4c5sc6nc(C(F)(F)F)cc(-c7ccco7)c6c5ncn4n3)c2)c(F)c1. The van der Waals surface area contributed by atoms with Crippen molar-refractivity contribution in [2.75, 3.05) is 0 Å². The van der Waals surface area contributed by atoms with Gasteiger partial charge in [-0.2, -0.15) is 13.2 Å². The molecule has 0 saturated heterocycles. The van der Waals surface area contributed by atoms with Crippen LogP contribution in [0.2, 0.25) is 0 Å². The average molecular weight is 580 g/mol. The highest BCUT2D eigenvalue weighted by atomic mass is 32.1. The molecule has 0 aliphatic heterocycles. The van der Waals surface area contributed by atoms with Gasteiger partial charge in [-0.15, -0.1) is 16.4 Å². The molecule has 0 fully saturated rings. The smallest absolute Gasteiger partial charge is 0.433 e. The van der Waals surface area contributed by atoms with Crippen LogP contribution < -0.4 is 4.74 Å². The minimum absolute atomic E-state index is 0.00857. The molecule has 0 spiro atoms. The van der Waals surface area contributed by atoms with E-state index in [1.54, 1.807) is 36.4 Å². The molecule has 41 heavy (non-hydrogen) atoms. The van der Waals surface area contributed by atoms with Crippen LogP contribution >= 0.6 is 11.3 Å². The van der Waals surface area contributed by atoms with Gasteiger partial charge in [0.25, 0.3) is 0 Å². The minimum Gasteiger partial charge on any atom is -0.486 e. The fraction of sp³-hybridized carbons (Fsp3) is 0.0714. The monoisotopic (exact) mass is 579 g/mol. The van der Waals surface area contributed by atoms with Crippen molar-refractivity contribution in [3.8, 4) is 28.5 Å². The number of benzene rings is 2. The van der Waals surface area contributed by atoms with Crippen LogP contribution in [-0.4, -0.2) is 24.6 Å². The molecule has 0 amide bonds. The number of hydrogen-bond acceptors (Lipinski definition) is 7. The molecule has 0 atom stereocenters. The fourth-order valence-electron chi connectivity index (χ4n) is 4.48. The Hall–Kier alpha value is -4.91. The first-order valence-corrected chi connectivity index (χ1v) is 12.8. The van der Waals surface area contributed by atoms with E-state index in [0.717, 1.165) is 29.5 Å². The highest BCUT2D eigenvalue weighted by Gasteiger charge is 2.34. The molecule has 0 radical (unpaired) electrons. The van der Waals surface area contributed by atoms with E-state index >= 15 is 0 Å². The summed E-state index contributed by atoms with van der Waals surface area (Å²) < 4.78 is 81.1. The van der Waals surface area contributed by atoms with Crippen molar-refractivity contribution in [1.29, 1.82) is 0 Å². The van der Waals surface area contributed by atoms with Crippen molar-refractivity contribution in [3.05, 3.63) is 96.1 Å². The van der Waals surface area contributed by atoms with Crippen LogP contribution in [0.1, 0.15) is 11.3 Å². The summed E-state index contributed by atoms with van der Waals surface area (Å²) in [5, 5.41) is 4.93. The van der Waals surface area contributed by atoms with Crippen molar-refractivity contribution in [1.82, 2.24) is 24.6 Å². The molecular weight excluding hydrogens is 565 g/mol. The zero-order chi connectivity index (χ0) is 28.3. The standard InChI is InChI=1S/C28H14F5N5O2S/c29-16-6-7-20(18(30)10-16)40-12-14-3-1-4-15(9-14)25-36-26-24-23(34-13-38(26)37-25)22-17(19-5-2-8-39-19)11-21(28(31,32)33)35-27(22)41-24/h1-11,13H,12H2. The third-order valence-electron chi connectivity index (χ3n) is 6.32. The minimum atomic E-state index is -4.66. The van der Waals surface area contributed by atoms with Gasteiger partial charge in [0.15, 0.2) is 23.0 Å². The number of rotatable bonds is 5. The van der Waals surface area contributed by atoms with Crippen molar-refractivity contribution < 1.29 is 31.1 Å². The van der Waals surface area contributed by atoms with E-state index in [2.05, 4.69) is 20.1 Å². The summed E-state index contributed by atoms with van der Waals surface area (Å²) in [6.45, 7) is 0.00857. The van der Waals surface area contributed by atoms with Gasteiger partial charge in [-0.05, 0) is 42.0 Å². The van der Waals surface area contributed by atoms with Gasteiger partial charge in [-0.3, -0.25) is 0 Å². The number of thiophene rings is 1. The maximum Gasteiger partial charge on any atom is 0.433 e. The van der Waals surface area contributed by atoms with E-state index in [-0.39, 0.29) is 28.5 Å². The molecule has 0 bridgehead atoms. The first kappa shape index (κ1) is 25.1. The van der Waals surface area contributed by atoms with Crippen LogP contribution in [0.3, 0.4) is 0 Å². The van der Waals surface area contributed by atoms with Gasteiger partial charge in [-0.25, -0.2) is 28.2 Å².